The largest absolute Gasteiger partial charge is 0.424 e. The third-order valence-electron chi connectivity index (χ3n) is 2.54. The highest BCUT2D eigenvalue weighted by molar-refractivity contribution is 5.97. The molecule has 1 aliphatic heterocycles. The Labute approximate surface area is 98.0 Å². The van der Waals surface area contributed by atoms with E-state index in [-0.39, 0.29) is 11.7 Å². The summed E-state index contributed by atoms with van der Waals surface area (Å²) in [6.45, 7) is 1.79. The number of halogens is 1. The zero-order chi connectivity index (χ0) is 12.4. The minimum Gasteiger partial charge on any atom is -0.424 e. The van der Waals surface area contributed by atoms with Gasteiger partial charge in [0, 0.05) is 26.0 Å². The topological polar surface area (TPSA) is 46.6 Å². The Morgan fingerprint density at radius 2 is 2.24 bits per heavy atom. The number of nitrogens with zero attached hydrogens (tertiary/aromatic N) is 1. The summed E-state index contributed by atoms with van der Waals surface area (Å²) in [5.41, 5.74) is 0.322. The molecular formula is C12H12FNO3. The Hall–Kier alpha value is -1.91. The zero-order valence-electron chi connectivity index (χ0n) is 9.40. The first kappa shape index (κ1) is 11.6. The average molecular weight is 237 g/mol. The summed E-state index contributed by atoms with van der Waals surface area (Å²) >= 11 is 0. The van der Waals surface area contributed by atoms with Crippen LogP contribution in [0.15, 0.2) is 18.2 Å². The van der Waals surface area contributed by atoms with Crippen molar-refractivity contribution in [2.45, 2.75) is 19.8 Å². The maximum absolute atomic E-state index is 13.2. The van der Waals surface area contributed by atoms with Gasteiger partial charge in [-0.3, -0.25) is 9.59 Å². The van der Waals surface area contributed by atoms with Crippen LogP contribution in [0.1, 0.15) is 19.8 Å². The molecule has 17 heavy (non-hydrogen) atoms. The number of amides is 1. The van der Waals surface area contributed by atoms with Crippen LogP contribution in [0.25, 0.3) is 0 Å². The van der Waals surface area contributed by atoms with Crippen molar-refractivity contribution in [2.24, 2.45) is 0 Å². The molecule has 1 amide bonds. The van der Waals surface area contributed by atoms with Gasteiger partial charge in [0.25, 0.3) is 0 Å². The van der Waals surface area contributed by atoms with Crippen LogP contribution in [0.5, 0.6) is 5.75 Å². The van der Waals surface area contributed by atoms with Crippen LogP contribution in [0.4, 0.5) is 10.1 Å². The van der Waals surface area contributed by atoms with Gasteiger partial charge >= 0.3 is 5.97 Å². The molecule has 0 N–H and O–H groups in total. The van der Waals surface area contributed by atoms with Crippen molar-refractivity contribution in [3.63, 3.8) is 0 Å². The molecule has 1 aliphatic rings. The van der Waals surface area contributed by atoms with E-state index in [1.165, 1.54) is 30.0 Å². The molecule has 2 rings (SSSR count). The summed E-state index contributed by atoms with van der Waals surface area (Å²) in [7, 11) is 0. The number of hydrogen-bond donors (Lipinski definition) is 0. The number of ether oxygens (including phenoxy) is 1. The number of esters is 1. The van der Waals surface area contributed by atoms with Gasteiger partial charge in [-0.25, -0.2) is 4.39 Å². The molecular weight excluding hydrogens is 225 g/mol. The van der Waals surface area contributed by atoms with Gasteiger partial charge in [-0.05, 0) is 18.6 Å². The first-order chi connectivity index (χ1) is 8.08. The molecule has 0 saturated carbocycles. The quantitative estimate of drug-likeness (QED) is 0.582. The van der Waals surface area contributed by atoms with Crippen LogP contribution in [0, 0.1) is 5.82 Å². The van der Waals surface area contributed by atoms with E-state index in [9.17, 15) is 14.0 Å². The van der Waals surface area contributed by atoms with Gasteiger partial charge in [0.1, 0.15) is 5.82 Å². The van der Waals surface area contributed by atoms with Gasteiger partial charge in [-0.15, -0.1) is 0 Å². The van der Waals surface area contributed by atoms with Gasteiger partial charge in [0.15, 0.2) is 5.75 Å². The molecule has 0 bridgehead atoms. The van der Waals surface area contributed by atoms with Gasteiger partial charge in [0.2, 0.25) is 5.91 Å². The maximum atomic E-state index is 13.2. The summed E-state index contributed by atoms with van der Waals surface area (Å²) in [4.78, 5) is 24.0. The van der Waals surface area contributed by atoms with E-state index >= 15 is 0 Å². The van der Waals surface area contributed by atoms with Crippen LogP contribution in [0.2, 0.25) is 0 Å². The number of rotatable bonds is 2. The standard InChI is InChI=1S/C12H12FNO3/c1-8(15)17-11-5-4-9(13)7-10(11)14-6-2-3-12(14)16/h4-5,7H,2-3,6H2,1H3. The molecule has 4 nitrogen and oxygen atoms in total. The summed E-state index contributed by atoms with van der Waals surface area (Å²) in [5, 5.41) is 0. The lowest BCUT2D eigenvalue weighted by Crippen LogP contribution is -2.24. The lowest BCUT2D eigenvalue weighted by molar-refractivity contribution is -0.132. The smallest absolute Gasteiger partial charge is 0.308 e. The second kappa shape index (κ2) is 4.53. The monoisotopic (exact) mass is 237 g/mol. The minimum atomic E-state index is -0.496. The molecule has 0 atom stereocenters. The van der Waals surface area contributed by atoms with Gasteiger partial charge in [0.05, 0.1) is 5.69 Å². The van der Waals surface area contributed by atoms with Crippen molar-refractivity contribution >= 4 is 17.6 Å². The van der Waals surface area contributed by atoms with Crippen LogP contribution in [0.3, 0.4) is 0 Å². The Kier molecular flexibility index (Phi) is 3.08. The Balaban J connectivity index is 2.39. The summed E-state index contributed by atoms with van der Waals surface area (Å²) in [6, 6.07) is 3.77. The van der Waals surface area contributed by atoms with Crippen molar-refractivity contribution in [1.82, 2.24) is 0 Å². The molecule has 1 heterocycles. The molecule has 0 aliphatic carbocycles. The highest BCUT2D eigenvalue weighted by atomic mass is 19.1. The van der Waals surface area contributed by atoms with E-state index in [4.69, 9.17) is 4.74 Å². The number of anilines is 1. The van der Waals surface area contributed by atoms with Gasteiger partial charge in [-0.1, -0.05) is 0 Å². The van der Waals surface area contributed by atoms with Crippen molar-refractivity contribution in [2.75, 3.05) is 11.4 Å². The van der Waals surface area contributed by atoms with E-state index in [0.717, 1.165) is 6.42 Å². The predicted octanol–water partition coefficient (Wildman–Crippen LogP) is 1.88. The highest BCUT2D eigenvalue weighted by Gasteiger charge is 2.25. The average Bonchev–Trinajstić information content (AvgIpc) is 2.66. The van der Waals surface area contributed by atoms with Gasteiger partial charge < -0.3 is 9.64 Å². The molecule has 1 saturated heterocycles. The second-order valence-corrected chi connectivity index (χ2v) is 3.85. The molecule has 1 aromatic rings. The molecule has 5 heteroatoms. The number of carbonyl (C=O) groups excluding carboxylic acids is 2. The van der Waals surface area contributed by atoms with E-state index < -0.39 is 11.8 Å². The van der Waals surface area contributed by atoms with Crippen molar-refractivity contribution in [3.05, 3.63) is 24.0 Å². The second-order valence-electron chi connectivity index (χ2n) is 3.85. The van der Waals surface area contributed by atoms with Crippen LogP contribution >= 0.6 is 0 Å². The fourth-order valence-corrected chi connectivity index (χ4v) is 1.85. The van der Waals surface area contributed by atoms with Crippen molar-refractivity contribution in [1.29, 1.82) is 0 Å². The Morgan fingerprint density at radius 3 is 2.82 bits per heavy atom. The van der Waals surface area contributed by atoms with E-state index in [2.05, 4.69) is 0 Å². The molecule has 90 valence electrons. The number of benzene rings is 1. The van der Waals surface area contributed by atoms with E-state index in [1.54, 1.807) is 0 Å². The SMILES string of the molecule is CC(=O)Oc1ccc(F)cc1N1CCCC1=O. The number of carbonyl (C=O) groups is 2. The Bertz CT molecular complexity index is 473. The van der Waals surface area contributed by atoms with Gasteiger partial charge in [-0.2, -0.15) is 0 Å². The molecule has 1 aromatic carbocycles. The van der Waals surface area contributed by atoms with Crippen LogP contribution in [-0.4, -0.2) is 18.4 Å². The third-order valence-corrected chi connectivity index (χ3v) is 2.54. The normalized spacial score (nSPS) is 15.2. The first-order valence-corrected chi connectivity index (χ1v) is 5.36. The fourth-order valence-electron chi connectivity index (χ4n) is 1.85. The molecule has 0 spiro atoms. The van der Waals surface area contributed by atoms with Crippen molar-refractivity contribution in [3.8, 4) is 5.75 Å². The van der Waals surface area contributed by atoms with Crippen LogP contribution < -0.4 is 9.64 Å². The van der Waals surface area contributed by atoms with Crippen LogP contribution in [-0.2, 0) is 9.59 Å². The Morgan fingerprint density at radius 1 is 1.47 bits per heavy atom. The summed E-state index contributed by atoms with van der Waals surface area (Å²) in [5.74, 6) is -0.821. The highest BCUT2D eigenvalue weighted by Crippen LogP contribution is 2.32. The fraction of sp³-hybridized carbons (Fsp3) is 0.333. The van der Waals surface area contributed by atoms with E-state index in [0.29, 0.717) is 18.7 Å². The lowest BCUT2D eigenvalue weighted by atomic mass is 10.2. The molecule has 0 aromatic heterocycles. The summed E-state index contributed by atoms with van der Waals surface area (Å²) < 4.78 is 18.1. The number of hydrogen-bond acceptors (Lipinski definition) is 3. The summed E-state index contributed by atoms with van der Waals surface area (Å²) in [6.07, 6.45) is 1.17. The molecule has 0 unspecified atom stereocenters. The maximum Gasteiger partial charge on any atom is 0.308 e. The predicted molar refractivity (Wildman–Crippen MR) is 59.3 cm³/mol. The zero-order valence-corrected chi connectivity index (χ0v) is 9.40. The minimum absolute atomic E-state index is 0.0796. The molecule has 1 fully saturated rings. The van der Waals surface area contributed by atoms with Crippen molar-refractivity contribution < 1.29 is 18.7 Å². The van der Waals surface area contributed by atoms with E-state index in [1.807, 2.05) is 0 Å². The molecule has 0 radical (unpaired) electrons. The third kappa shape index (κ3) is 2.43. The first-order valence-electron chi connectivity index (χ1n) is 5.36. The lowest BCUT2D eigenvalue weighted by Gasteiger charge is -2.18.